The van der Waals surface area contributed by atoms with Gasteiger partial charge in [0.15, 0.2) is 0 Å². The molecule has 4 aromatic rings. The standard InChI is InChI=1S/C19H17N5OS/c1-11-5-7-24-17(8-11)22-14-10-20-18(25)9-12(19(14)24)15-2-3-16(26-15)13-4-6-21-23-13/h2-8,12H,9-10H2,1H3,(H,20,25)(H,21,23)/t12-/m0/s1. The van der Waals surface area contributed by atoms with Crippen molar-refractivity contribution in [3.05, 3.63) is 64.6 Å². The fourth-order valence-electron chi connectivity index (χ4n) is 3.56. The summed E-state index contributed by atoms with van der Waals surface area (Å²) in [6.45, 7) is 2.54. The van der Waals surface area contributed by atoms with Crippen molar-refractivity contribution in [1.29, 1.82) is 0 Å². The Bertz CT molecular complexity index is 1110. The lowest BCUT2D eigenvalue weighted by molar-refractivity contribution is -0.121. The molecule has 0 aromatic carbocycles. The van der Waals surface area contributed by atoms with Gasteiger partial charge < -0.3 is 9.72 Å². The van der Waals surface area contributed by atoms with Gasteiger partial charge in [-0.25, -0.2) is 4.98 Å². The minimum Gasteiger partial charge on any atom is -0.350 e. The molecule has 6 nitrogen and oxygen atoms in total. The number of imidazole rings is 1. The molecule has 1 aliphatic rings. The molecule has 0 saturated carbocycles. The molecule has 1 atom stereocenters. The van der Waals surface area contributed by atoms with Crippen LogP contribution in [0, 0.1) is 6.92 Å². The van der Waals surface area contributed by atoms with E-state index in [4.69, 9.17) is 4.98 Å². The predicted molar refractivity (Wildman–Crippen MR) is 100 cm³/mol. The molecule has 0 unspecified atom stereocenters. The molecule has 4 aromatic heterocycles. The Balaban J connectivity index is 1.66. The predicted octanol–water partition coefficient (Wildman–Crippen LogP) is 3.25. The third-order valence-corrected chi connectivity index (χ3v) is 6.04. The zero-order valence-electron chi connectivity index (χ0n) is 14.2. The number of rotatable bonds is 2. The highest BCUT2D eigenvalue weighted by molar-refractivity contribution is 7.15. The molecule has 0 radical (unpaired) electrons. The number of fused-ring (bicyclic) bond motifs is 3. The number of aromatic nitrogens is 4. The minimum atomic E-state index is -0.00752. The molecule has 1 amide bonds. The second-order valence-corrected chi connectivity index (χ2v) is 7.70. The number of nitrogens with zero attached hydrogens (tertiary/aromatic N) is 3. The topological polar surface area (TPSA) is 75.1 Å². The lowest BCUT2D eigenvalue weighted by atomic mass is 9.98. The highest BCUT2D eigenvalue weighted by Crippen LogP contribution is 2.39. The molecule has 5 rings (SSSR count). The van der Waals surface area contributed by atoms with E-state index in [1.54, 1.807) is 17.5 Å². The van der Waals surface area contributed by atoms with E-state index < -0.39 is 0 Å². The molecular formula is C19H17N5OS. The van der Waals surface area contributed by atoms with E-state index in [0.29, 0.717) is 13.0 Å². The summed E-state index contributed by atoms with van der Waals surface area (Å²) in [7, 11) is 0. The lowest BCUT2D eigenvalue weighted by Gasteiger charge is -2.13. The second kappa shape index (κ2) is 5.81. The van der Waals surface area contributed by atoms with Gasteiger partial charge in [0.2, 0.25) is 5.91 Å². The van der Waals surface area contributed by atoms with E-state index in [-0.39, 0.29) is 11.8 Å². The lowest BCUT2D eigenvalue weighted by Crippen LogP contribution is -2.21. The van der Waals surface area contributed by atoms with Crippen molar-refractivity contribution in [3.8, 4) is 10.6 Å². The van der Waals surface area contributed by atoms with E-state index >= 15 is 0 Å². The van der Waals surface area contributed by atoms with Gasteiger partial charge in [-0.2, -0.15) is 5.10 Å². The third-order valence-electron chi connectivity index (χ3n) is 4.80. The molecule has 0 bridgehead atoms. The summed E-state index contributed by atoms with van der Waals surface area (Å²) in [4.78, 5) is 19.4. The monoisotopic (exact) mass is 363 g/mol. The van der Waals surface area contributed by atoms with Gasteiger partial charge in [-0.15, -0.1) is 11.3 Å². The maximum absolute atomic E-state index is 12.3. The number of thiophene rings is 1. The molecular weight excluding hydrogens is 346 g/mol. The number of nitrogens with one attached hydrogen (secondary N) is 2. The van der Waals surface area contributed by atoms with Gasteiger partial charge in [-0.3, -0.25) is 9.89 Å². The molecule has 0 fully saturated rings. The summed E-state index contributed by atoms with van der Waals surface area (Å²) in [6.07, 6.45) is 4.24. The Morgan fingerprint density at radius 2 is 2.19 bits per heavy atom. The first kappa shape index (κ1) is 15.3. The Labute approximate surface area is 153 Å². The average Bonchev–Trinajstić information content (AvgIpc) is 3.34. The van der Waals surface area contributed by atoms with Crippen molar-refractivity contribution in [1.82, 2.24) is 24.9 Å². The summed E-state index contributed by atoms with van der Waals surface area (Å²) < 4.78 is 2.13. The SMILES string of the molecule is Cc1ccn2c3c(nc2c1)CNC(=O)C[C@H]3c1ccc(-c2ccn[nH]2)s1. The van der Waals surface area contributed by atoms with Crippen molar-refractivity contribution >= 4 is 22.9 Å². The molecule has 1 aliphatic heterocycles. The Morgan fingerprint density at radius 1 is 1.27 bits per heavy atom. The highest BCUT2D eigenvalue weighted by Gasteiger charge is 2.30. The number of hydrogen-bond acceptors (Lipinski definition) is 4. The summed E-state index contributed by atoms with van der Waals surface area (Å²) in [5.41, 5.74) is 5.16. The Hall–Kier alpha value is -2.93. The van der Waals surface area contributed by atoms with Crippen LogP contribution in [0.15, 0.2) is 42.7 Å². The summed E-state index contributed by atoms with van der Waals surface area (Å²) in [6, 6.07) is 10.3. The second-order valence-electron chi connectivity index (χ2n) is 6.58. The molecule has 130 valence electrons. The van der Waals surface area contributed by atoms with E-state index in [1.807, 2.05) is 6.07 Å². The summed E-state index contributed by atoms with van der Waals surface area (Å²) >= 11 is 1.69. The maximum Gasteiger partial charge on any atom is 0.221 e. The summed E-state index contributed by atoms with van der Waals surface area (Å²) in [5.74, 6) is 0.0530. The van der Waals surface area contributed by atoms with Gasteiger partial charge in [0.05, 0.1) is 28.5 Å². The van der Waals surface area contributed by atoms with Gasteiger partial charge in [0.25, 0.3) is 0 Å². The van der Waals surface area contributed by atoms with E-state index in [1.165, 1.54) is 5.56 Å². The number of carbonyl (C=O) groups excluding carboxylic acids is 1. The first-order valence-electron chi connectivity index (χ1n) is 8.53. The van der Waals surface area contributed by atoms with Crippen LogP contribution < -0.4 is 5.32 Å². The Kier molecular flexibility index (Phi) is 3.43. The normalized spacial score (nSPS) is 17.1. The number of amides is 1. The maximum atomic E-state index is 12.3. The number of carbonyl (C=O) groups is 1. The first-order chi connectivity index (χ1) is 12.7. The number of hydrogen-bond donors (Lipinski definition) is 2. The molecule has 0 spiro atoms. The molecule has 5 heterocycles. The molecule has 0 aliphatic carbocycles. The van der Waals surface area contributed by atoms with Gasteiger partial charge in [0.1, 0.15) is 5.65 Å². The number of aromatic amines is 1. The Morgan fingerprint density at radius 3 is 3.04 bits per heavy atom. The fourth-order valence-corrected chi connectivity index (χ4v) is 4.65. The number of aryl methyl sites for hydroxylation is 1. The van der Waals surface area contributed by atoms with E-state index in [0.717, 1.165) is 32.5 Å². The largest absolute Gasteiger partial charge is 0.350 e. The zero-order chi connectivity index (χ0) is 17.7. The van der Waals surface area contributed by atoms with Crippen LogP contribution >= 0.6 is 11.3 Å². The molecule has 26 heavy (non-hydrogen) atoms. The number of H-pyrrole nitrogens is 1. The molecule has 0 saturated heterocycles. The zero-order valence-corrected chi connectivity index (χ0v) is 15.0. The number of pyridine rings is 1. The van der Waals surface area contributed by atoms with Crippen LogP contribution in [0.1, 0.15) is 34.2 Å². The highest BCUT2D eigenvalue weighted by atomic mass is 32.1. The van der Waals surface area contributed by atoms with Crippen LogP contribution in [0.4, 0.5) is 0 Å². The van der Waals surface area contributed by atoms with Crippen LogP contribution in [0.2, 0.25) is 0 Å². The smallest absolute Gasteiger partial charge is 0.221 e. The van der Waals surface area contributed by atoms with Crippen LogP contribution in [-0.2, 0) is 11.3 Å². The van der Waals surface area contributed by atoms with Crippen LogP contribution in [0.3, 0.4) is 0 Å². The summed E-state index contributed by atoms with van der Waals surface area (Å²) in [5, 5.41) is 10.0. The van der Waals surface area contributed by atoms with Crippen molar-refractivity contribution in [3.63, 3.8) is 0 Å². The average molecular weight is 363 g/mol. The van der Waals surface area contributed by atoms with Gasteiger partial charge in [-0.05, 0) is 42.8 Å². The van der Waals surface area contributed by atoms with Crippen LogP contribution in [-0.4, -0.2) is 25.5 Å². The van der Waals surface area contributed by atoms with Gasteiger partial charge in [-0.1, -0.05) is 0 Å². The molecule has 7 heteroatoms. The molecule has 2 N–H and O–H groups in total. The fraction of sp³-hybridized carbons (Fsp3) is 0.211. The first-order valence-corrected chi connectivity index (χ1v) is 9.34. The van der Waals surface area contributed by atoms with Crippen molar-refractivity contribution in [2.45, 2.75) is 25.8 Å². The van der Waals surface area contributed by atoms with Gasteiger partial charge in [0, 0.05) is 29.6 Å². The van der Waals surface area contributed by atoms with E-state index in [2.05, 4.69) is 57.3 Å². The third kappa shape index (κ3) is 2.43. The van der Waals surface area contributed by atoms with Gasteiger partial charge >= 0.3 is 0 Å². The minimum absolute atomic E-state index is 0.00752. The van der Waals surface area contributed by atoms with Crippen molar-refractivity contribution in [2.24, 2.45) is 0 Å². The van der Waals surface area contributed by atoms with E-state index in [9.17, 15) is 4.79 Å². The quantitative estimate of drug-likeness (QED) is 0.574. The van der Waals surface area contributed by atoms with Crippen LogP contribution in [0.5, 0.6) is 0 Å². The van der Waals surface area contributed by atoms with Crippen LogP contribution in [0.25, 0.3) is 16.2 Å². The van der Waals surface area contributed by atoms with Crippen molar-refractivity contribution in [2.75, 3.05) is 0 Å². The van der Waals surface area contributed by atoms with Crippen molar-refractivity contribution < 1.29 is 4.79 Å².